The Labute approximate surface area is 195 Å². The number of aromatic nitrogens is 2. The summed E-state index contributed by atoms with van der Waals surface area (Å²) in [7, 11) is 1.47. The predicted octanol–water partition coefficient (Wildman–Crippen LogP) is 2.90. The summed E-state index contributed by atoms with van der Waals surface area (Å²) in [6, 6.07) is 6.83. The van der Waals surface area contributed by atoms with E-state index in [1.807, 2.05) is 34.7 Å². The van der Waals surface area contributed by atoms with Crippen LogP contribution in [0.2, 0.25) is 0 Å². The highest BCUT2D eigenvalue weighted by Gasteiger charge is 2.27. The lowest BCUT2D eigenvalue weighted by molar-refractivity contribution is -0.116. The van der Waals surface area contributed by atoms with Gasteiger partial charge in [0.2, 0.25) is 11.9 Å². The fourth-order valence-electron chi connectivity index (χ4n) is 4.83. The van der Waals surface area contributed by atoms with E-state index in [0.29, 0.717) is 55.9 Å². The molecule has 5 rings (SSSR count). The summed E-state index contributed by atoms with van der Waals surface area (Å²) in [6.45, 7) is 4.62. The van der Waals surface area contributed by atoms with Crippen LogP contribution in [-0.2, 0) is 11.3 Å². The molecule has 34 heavy (non-hydrogen) atoms. The maximum Gasteiger partial charge on any atom is 0.269 e. The molecule has 1 unspecified atom stereocenters. The van der Waals surface area contributed by atoms with Gasteiger partial charge >= 0.3 is 0 Å². The van der Waals surface area contributed by atoms with Crippen LogP contribution in [0.4, 0.5) is 20.2 Å². The number of piperazine rings is 1. The maximum atomic E-state index is 15.5. The summed E-state index contributed by atoms with van der Waals surface area (Å²) in [5.41, 5.74) is 1.86. The third-order valence-corrected chi connectivity index (χ3v) is 6.63. The average Bonchev–Trinajstić information content (AvgIpc) is 3.20. The lowest BCUT2D eigenvalue weighted by atomic mass is 10.1. The number of rotatable bonds is 4. The molecule has 2 aromatic heterocycles. The third-order valence-electron chi connectivity index (χ3n) is 6.63. The average molecular weight is 469 g/mol. The molecule has 0 aliphatic carbocycles. The number of carbonyl (C=O) groups is 2. The van der Waals surface area contributed by atoms with Gasteiger partial charge in [0.15, 0.2) is 5.82 Å². The zero-order valence-electron chi connectivity index (χ0n) is 19.1. The van der Waals surface area contributed by atoms with Crippen LogP contribution >= 0.6 is 0 Å². The largest absolute Gasteiger partial charge is 0.365 e. The first kappa shape index (κ1) is 22.3. The van der Waals surface area contributed by atoms with Crippen molar-refractivity contribution >= 4 is 34.1 Å². The Bertz CT molecular complexity index is 1280. The third kappa shape index (κ3) is 3.87. The van der Waals surface area contributed by atoms with Gasteiger partial charge in [0, 0.05) is 69.4 Å². The molecule has 1 aromatic carbocycles. The number of benzene rings is 1. The second-order valence-electron chi connectivity index (χ2n) is 8.84. The van der Waals surface area contributed by atoms with Crippen LogP contribution in [-0.4, -0.2) is 59.5 Å². The number of carbonyl (C=O) groups excluding carboxylic acids is 2. The van der Waals surface area contributed by atoms with E-state index in [4.69, 9.17) is 0 Å². The van der Waals surface area contributed by atoms with E-state index < -0.39 is 17.7 Å². The van der Waals surface area contributed by atoms with Gasteiger partial charge in [0.1, 0.15) is 11.4 Å². The van der Waals surface area contributed by atoms with E-state index in [2.05, 4.69) is 20.5 Å². The quantitative estimate of drug-likeness (QED) is 0.576. The minimum absolute atomic E-state index is 0.0309. The van der Waals surface area contributed by atoms with Gasteiger partial charge in [0.25, 0.3) is 5.91 Å². The summed E-state index contributed by atoms with van der Waals surface area (Å²) < 4.78 is 32.0. The van der Waals surface area contributed by atoms with Crippen LogP contribution in [0.1, 0.15) is 35.4 Å². The molecule has 2 N–H and O–H groups in total. The zero-order chi connectivity index (χ0) is 24.0. The van der Waals surface area contributed by atoms with Gasteiger partial charge in [-0.1, -0.05) is 0 Å². The summed E-state index contributed by atoms with van der Waals surface area (Å²) in [5, 5.41) is 6.08. The molecule has 3 aromatic rings. The van der Waals surface area contributed by atoms with Crippen molar-refractivity contribution in [3.8, 4) is 0 Å². The Balaban J connectivity index is 1.32. The number of halogens is 2. The van der Waals surface area contributed by atoms with E-state index in [1.54, 1.807) is 6.07 Å². The Morgan fingerprint density at radius 2 is 1.97 bits per heavy atom. The molecule has 0 bridgehead atoms. The molecular formula is C24H26F2N6O2. The summed E-state index contributed by atoms with van der Waals surface area (Å²) in [6.07, 6.45) is 2.20. The summed E-state index contributed by atoms with van der Waals surface area (Å²) >= 11 is 0. The molecule has 178 valence electrons. The molecule has 2 aliphatic heterocycles. The number of anilines is 2. The Hall–Kier alpha value is -3.53. The standard InChI is InChI=1S/C24H26F2N6O2/c1-14-11-19(33)29-21-20(25)16(12-15-5-6-32(14)22(15)21)13-30-7-9-31(10-8-30)18-4-3-17(24(34)27-2)28-23(18)26/h3-6,12,14H,7-11,13H2,1-2H3,(H,27,34)(H,29,33). The first-order chi connectivity index (χ1) is 16.4. The Morgan fingerprint density at radius 1 is 1.21 bits per heavy atom. The number of amides is 2. The molecule has 0 saturated carbocycles. The minimum Gasteiger partial charge on any atom is -0.365 e. The molecule has 8 nitrogen and oxygen atoms in total. The first-order valence-electron chi connectivity index (χ1n) is 11.3. The Kier molecular flexibility index (Phi) is 5.68. The highest BCUT2D eigenvalue weighted by molar-refractivity contribution is 6.03. The number of hydrogen-bond donors (Lipinski definition) is 2. The zero-order valence-corrected chi connectivity index (χ0v) is 19.1. The number of nitrogens with one attached hydrogen (secondary N) is 2. The topological polar surface area (TPSA) is 82.5 Å². The van der Waals surface area contributed by atoms with Crippen molar-refractivity contribution in [1.82, 2.24) is 19.8 Å². The molecule has 10 heteroatoms. The normalized spacial score (nSPS) is 18.6. The second kappa shape index (κ2) is 8.68. The SMILES string of the molecule is CNC(=O)c1ccc(N2CCN(Cc3cc4ccn5c4c(c3F)NC(=O)CC5C)CC2)c(F)n1. The minimum atomic E-state index is -0.685. The highest BCUT2D eigenvalue weighted by Crippen LogP contribution is 2.36. The van der Waals surface area contributed by atoms with E-state index in [9.17, 15) is 14.0 Å². The van der Waals surface area contributed by atoms with Crippen molar-refractivity contribution in [3.05, 3.63) is 53.5 Å². The second-order valence-corrected chi connectivity index (χ2v) is 8.84. The number of pyridine rings is 1. The molecule has 2 amide bonds. The van der Waals surface area contributed by atoms with Gasteiger partial charge in [-0.05, 0) is 31.2 Å². The van der Waals surface area contributed by atoms with Crippen LogP contribution in [0.25, 0.3) is 10.9 Å². The monoisotopic (exact) mass is 468 g/mol. The fraction of sp³-hybridized carbons (Fsp3) is 0.375. The maximum absolute atomic E-state index is 15.5. The van der Waals surface area contributed by atoms with Crippen LogP contribution in [0.5, 0.6) is 0 Å². The van der Waals surface area contributed by atoms with Crippen molar-refractivity contribution in [2.24, 2.45) is 0 Å². The molecule has 0 spiro atoms. The molecule has 4 heterocycles. The van der Waals surface area contributed by atoms with Gasteiger partial charge < -0.3 is 20.1 Å². The molecule has 0 radical (unpaired) electrons. The first-order valence-corrected chi connectivity index (χ1v) is 11.3. The van der Waals surface area contributed by atoms with Gasteiger partial charge in [0.05, 0.1) is 11.2 Å². The summed E-state index contributed by atoms with van der Waals surface area (Å²) in [5.74, 6) is -1.72. The molecule has 1 saturated heterocycles. The van der Waals surface area contributed by atoms with Crippen LogP contribution in [0, 0.1) is 11.8 Å². The predicted molar refractivity (Wildman–Crippen MR) is 125 cm³/mol. The van der Waals surface area contributed by atoms with Crippen molar-refractivity contribution in [2.75, 3.05) is 43.4 Å². The lowest BCUT2D eigenvalue weighted by Gasteiger charge is -2.36. The van der Waals surface area contributed by atoms with Crippen LogP contribution in [0.3, 0.4) is 0 Å². The number of hydrogen-bond acceptors (Lipinski definition) is 5. The van der Waals surface area contributed by atoms with Gasteiger partial charge in [-0.25, -0.2) is 9.37 Å². The van der Waals surface area contributed by atoms with Crippen LogP contribution in [0.15, 0.2) is 30.5 Å². The van der Waals surface area contributed by atoms with E-state index >= 15 is 4.39 Å². The van der Waals surface area contributed by atoms with Crippen molar-refractivity contribution in [3.63, 3.8) is 0 Å². The molecule has 1 fully saturated rings. The van der Waals surface area contributed by atoms with Crippen molar-refractivity contribution < 1.29 is 18.4 Å². The van der Waals surface area contributed by atoms with E-state index in [1.165, 1.54) is 13.1 Å². The molecule has 1 atom stereocenters. The summed E-state index contributed by atoms with van der Waals surface area (Å²) in [4.78, 5) is 31.7. The van der Waals surface area contributed by atoms with E-state index in [0.717, 1.165) is 5.39 Å². The lowest BCUT2D eigenvalue weighted by Crippen LogP contribution is -2.46. The smallest absolute Gasteiger partial charge is 0.269 e. The van der Waals surface area contributed by atoms with Gasteiger partial charge in [-0.2, -0.15) is 4.39 Å². The van der Waals surface area contributed by atoms with Crippen molar-refractivity contribution in [1.29, 1.82) is 0 Å². The van der Waals surface area contributed by atoms with Crippen LogP contribution < -0.4 is 15.5 Å². The van der Waals surface area contributed by atoms with Gasteiger partial charge in [-0.3, -0.25) is 14.5 Å². The van der Waals surface area contributed by atoms with Crippen molar-refractivity contribution in [2.45, 2.75) is 25.9 Å². The molecular weight excluding hydrogens is 442 g/mol. The number of nitrogens with zero attached hydrogens (tertiary/aromatic N) is 4. The fourth-order valence-corrected chi connectivity index (χ4v) is 4.83. The Morgan fingerprint density at radius 3 is 2.68 bits per heavy atom. The van der Waals surface area contributed by atoms with E-state index in [-0.39, 0.29) is 23.3 Å². The molecule has 2 aliphatic rings. The highest BCUT2D eigenvalue weighted by atomic mass is 19.1. The van der Waals surface area contributed by atoms with Gasteiger partial charge in [-0.15, -0.1) is 0 Å².